The molecule has 5 heteroatoms. The summed E-state index contributed by atoms with van der Waals surface area (Å²) in [4.78, 5) is 0. The van der Waals surface area contributed by atoms with Gasteiger partial charge in [-0.2, -0.15) is 0 Å². The fourth-order valence-electron chi connectivity index (χ4n) is 1.88. The van der Waals surface area contributed by atoms with Crippen LogP contribution in [0, 0.1) is 0 Å². The second kappa shape index (κ2) is 5.34. The highest BCUT2D eigenvalue weighted by Crippen LogP contribution is 2.28. The van der Waals surface area contributed by atoms with E-state index in [0.29, 0.717) is 11.9 Å². The summed E-state index contributed by atoms with van der Waals surface area (Å²) in [7, 11) is -0.767. The maximum absolute atomic E-state index is 12.1. The SMILES string of the molecule is CC(C)(C)NCC1CN(S(=O)C2CC2)CCO1. The minimum atomic E-state index is -0.767. The summed E-state index contributed by atoms with van der Waals surface area (Å²) in [6.07, 6.45) is 2.44. The van der Waals surface area contributed by atoms with Gasteiger partial charge in [-0.3, -0.25) is 0 Å². The zero-order chi connectivity index (χ0) is 12.5. The Morgan fingerprint density at radius 1 is 1.41 bits per heavy atom. The molecule has 4 nitrogen and oxygen atoms in total. The van der Waals surface area contributed by atoms with Crippen molar-refractivity contribution >= 4 is 11.0 Å². The van der Waals surface area contributed by atoms with Gasteiger partial charge in [-0.25, -0.2) is 8.51 Å². The largest absolute Gasteiger partial charge is 0.374 e. The minimum absolute atomic E-state index is 0.112. The van der Waals surface area contributed by atoms with Gasteiger partial charge in [0, 0.05) is 30.4 Å². The number of morpholine rings is 1. The van der Waals surface area contributed by atoms with E-state index in [9.17, 15) is 4.21 Å². The van der Waals surface area contributed by atoms with E-state index in [1.54, 1.807) is 0 Å². The highest BCUT2D eigenvalue weighted by molar-refractivity contribution is 7.83. The first-order valence-electron chi connectivity index (χ1n) is 6.48. The van der Waals surface area contributed by atoms with Gasteiger partial charge >= 0.3 is 0 Å². The molecule has 0 radical (unpaired) electrons. The third kappa shape index (κ3) is 4.32. The molecule has 2 rings (SSSR count). The monoisotopic (exact) mass is 260 g/mol. The maximum atomic E-state index is 12.1. The van der Waals surface area contributed by atoms with Crippen LogP contribution in [0.4, 0.5) is 0 Å². The summed E-state index contributed by atoms with van der Waals surface area (Å²) in [6, 6.07) is 0. The highest BCUT2D eigenvalue weighted by Gasteiger charge is 2.35. The Labute approximate surface area is 107 Å². The molecule has 2 atom stereocenters. The average molecular weight is 260 g/mol. The first-order chi connectivity index (χ1) is 7.96. The second-order valence-electron chi connectivity index (χ2n) is 5.99. The van der Waals surface area contributed by atoms with E-state index in [-0.39, 0.29) is 11.6 Å². The lowest BCUT2D eigenvalue weighted by Crippen LogP contribution is -2.50. The summed E-state index contributed by atoms with van der Waals surface area (Å²) < 4.78 is 19.9. The van der Waals surface area contributed by atoms with Crippen molar-refractivity contribution in [3.8, 4) is 0 Å². The number of hydrogen-bond donors (Lipinski definition) is 1. The molecule has 17 heavy (non-hydrogen) atoms. The van der Waals surface area contributed by atoms with Crippen molar-refractivity contribution in [3.05, 3.63) is 0 Å². The molecule has 0 amide bonds. The topological polar surface area (TPSA) is 41.6 Å². The van der Waals surface area contributed by atoms with E-state index in [1.165, 1.54) is 0 Å². The lowest BCUT2D eigenvalue weighted by molar-refractivity contribution is -0.00160. The van der Waals surface area contributed by atoms with Gasteiger partial charge in [-0.1, -0.05) is 0 Å². The van der Waals surface area contributed by atoms with E-state index in [1.807, 2.05) is 0 Å². The van der Waals surface area contributed by atoms with Crippen LogP contribution in [-0.2, 0) is 15.7 Å². The third-order valence-corrected chi connectivity index (χ3v) is 4.91. The summed E-state index contributed by atoms with van der Waals surface area (Å²) in [6.45, 7) is 9.60. The van der Waals surface area contributed by atoms with Crippen LogP contribution in [-0.4, -0.2) is 51.6 Å². The van der Waals surface area contributed by atoms with Crippen LogP contribution in [0.2, 0.25) is 0 Å². The van der Waals surface area contributed by atoms with Gasteiger partial charge in [0.1, 0.15) is 0 Å². The molecule has 2 fully saturated rings. The van der Waals surface area contributed by atoms with Crippen LogP contribution in [0.5, 0.6) is 0 Å². The van der Waals surface area contributed by atoms with Crippen molar-refractivity contribution in [2.24, 2.45) is 0 Å². The Hall–Kier alpha value is 0.0300. The average Bonchev–Trinajstić information content (AvgIpc) is 3.09. The zero-order valence-corrected chi connectivity index (χ0v) is 11.9. The molecule has 100 valence electrons. The summed E-state index contributed by atoms with van der Waals surface area (Å²) in [5.41, 5.74) is 0.112. The van der Waals surface area contributed by atoms with E-state index < -0.39 is 11.0 Å². The van der Waals surface area contributed by atoms with E-state index in [4.69, 9.17) is 4.74 Å². The van der Waals surface area contributed by atoms with Gasteiger partial charge in [0.25, 0.3) is 0 Å². The zero-order valence-electron chi connectivity index (χ0n) is 11.1. The molecule has 1 heterocycles. The minimum Gasteiger partial charge on any atom is -0.374 e. The summed E-state index contributed by atoms with van der Waals surface area (Å²) >= 11 is 0. The molecule has 1 aliphatic heterocycles. The van der Waals surface area contributed by atoms with Gasteiger partial charge in [-0.15, -0.1) is 0 Å². The molecule has 0 aromatic carbocycles. The Bertz CT molecular complexity index is 287. The van der Waals surface area contributed by atoms with Gasteiger partial charge in [-0.05, 0) is 33.6 Å². The van der Waals surface area contributed by atoms with Crippen molar-refractivity contribution in [1.82, 2.24) is 9.62 Å². The van der Waals surface area contributed by atoms with Gasteiger partial charge in [0.05, 0.1) is 23.7 Å². The molecular weight excluding hydrogens is 236 g/mol. The Kier molecular flexibility index (Phi) is 4.23. The van der Waals surface area contributed by atoms with Crippen molar-refractivity contribution in [1.29, 1.82) is 0 Å². The number of rotatable bonds is 4. The maximum Gasteiger partial charge on any atom is 0.0975 e. The van der Waals surface area contributed by atoms with Crippen LogP contribution < -0.4 is 5.32 Å². The Morgan fingerprint density at radius 2 is 2.12 bits per heavy atom. The van der Waals surface area contributed by atoms with Crippen LogP contribution in [0.1, 0.15) is 33.6 Å². The van der Waals surface area contributed by atoms with E-state index in [0.717, 1.165) is 32.5 Å². The smallest absolute Gasteiger partial charge is 0.0975 e. The predicted octanol–water partition coefficient (Wildman–Crippen LogP) is 0.901. The molecule has 0 spiro atoms. The Morgan fingerprint density at radius 3 is 2.71 bits per heavy atom. The van der Waals surface area contributed by atoms with Crippen LogP contribution in [0.15, 0.2) is 0 Å². The van der Waals surface area contributed by atoms with Crippen molar-refractivity contribution in [2.45, 2.75) is 50.5 Å². The number of nitrogens with zero attached hydrogens (tertiary/aromatic N) is 1. The van der Waals surface area contributed by atoms with Gasteiger partial charge < -0.3 is 10.1 Å². The molecule has 2 unspecified atom stereocenters. The summed E-state index contributed by atoms with van der Waals surface area (Å²) in [5, 5.41) is 3.88. The third-order valence-electron chi connectivity index (χ3n) is 3.03. The van der Waals surface area contributed by atoms with Gasteiger partial charge in [0.15, 0.2) is 0 Å². The lowest BCUT2D eigenvalue weighted by Gasteiger charge is -2.33. The molecule has 0 aromatic rings. The number of nitrogens with one attached hydrogen (secondary N) is 1. The van der Waals surface area contributed by atoms with Crippen LogP contribution >= 0.6 is 0 Å². The van der Waals surface area contributed by atoms with Crippen molar-refractivity contribution in [3.63, 3.8) is 0 Å². The molecule has 2 aliphatic rings. The molecule has 1 saturated heterocycles. The molecule has 0 bridgehead atoms. The molecule has 1 saturated carbocycles. The van der Waals surface area contributed by atoms with Gasteiger partial charge in [0.2, 0.25) is 0 Å². The van der Waals surface area contributed by atoms with Crippen LogP contribution in [0.3, 0.4) is 0 Å². The lowest BCUT2D eigenvalue weighted by atomic mass is 10.1. The highest BCUT2D eigenvalue weighted by atomic mass is 32.2. The number of hydrogen-bond acceptors (Lipinski definition) is 3. The molecule has 1 aliphatic carbocycles. The first kappa shape index (κ1) is 13.5. The molecule has 0 aromatic heterocycles. The standard InChI is InChI=1S/C12H24N2O2S/c1-12(2,3)13-8-10-9-14(6-7-16-10)17(15)11-4-5-11/h10-11,13H,4-9H2,1-3H3. The van der Waals surface area contributed by atoms with Crippen molar-refractivity contribution in [2.75, 3.05) is 26.2 Å². The first-order valence-corrected chi connectivity index (χ1v) is 7.65. The Balaban J connectivity index is 1.78. The quantitative estimate of drug-likeness (QED) is 0.816. The summed E-state index contributed by atoms with van der Waals surface area (Å²) in [5.74, 6) is 0. The second-order valence-corrected chi connectivity index (χ2v) is 7.72. The van der Waals surface area contributed by atoms with E-state index >= 15 is 0 Å². The van der Waals surface area contributed by atoms with E-state index in [2.05, 4.69) is 30.4 Å². The fourth-order valence-corrected chi connectivity index (χ4v) is 3.41. The molecule has 1 N–H and O–H groups in total. The van der Waals surface area contributed by atoms with Crippen molar-refractivity contribution < 1.29 is 8.95 Å². The number of ether oxygens (including phenoxy) is 1. The molecular formula is C12H24N2O2S. The fraction of sp³-hybridized carbons (Fsp3) is 1.00. The van der Waals surface area contributed by atoms with Crippen LogP contribution in [0.25, 0.3) is 0 Å². The predicted molar refractivity (Wildman–Crippen MR) is 70.2 cm³/mol. The normalized spacial score (nSPS) is 29.2.